The number of thioether (sulfide) groups is 1. The van der Waals surface area contributed by atoms with Gasteiger partial charge in [0.2, 0.25) is 12.7 Å². The van der Waals surface area contributed by atoms with Gasteiger partial charge in [-0.3, -0.25) is 4.79 Å². The highest BCUT2D eigenvalue weighted by molar-refractivity contribution is 7.98. The van der Waals surface area contributed by atoms with Gasteiger partial charge in [0.25, 0.3) is 0 Å². The van der Waals surface area contributed by atoms with Crippen molar-refractivity contribution >= 4 is 29.3 Å². The third-order valence-corrected chi connectivity index (χ3v) is 5.76. The van der Waals surface area contributed by atoms with Crippen molar-refractivity contribution in [2.45, 2.75) is 38.3 Å². The first-order chi connectivity index (χ1) is 12.2. The third-order valence-electron chi connectivity index (χ3n) is 4.71. The number of halogens is 1. The Morgan fingerprint density at radius 3 is 2.96 bits per heavy atom. The smallest absolute Gasteiger partial charge is 0.231 e. The van der Waals surface area contributed by atoms with Crippen LogP contribution in [0.1, 0.15) is 31.2 Å². The Morgan fingerprint density at radius 1 is 1.36 bits per heavy atom. The van der Waals surface area contributed by atoms with Crippen molar-refractivity contribution in [3.8, 4) is 11.5 Å². The summed E-state index contributed by atoms with van der Waals surface area (Å²) < 4.78 is 10.7. The maximum Gasteiger partial charge on any atom is 0.231 e. The number of fused-ring (bicyclic) bond motifs is 1. The van der Waals surface area contributed by atoms with Crippen molar-refractivity contribution in [2.75, 3.05) is 31.9 Å². The molecule has 1 N–H and O–H groups in total. The number of rotatable bonds is 9. The molecule has 5 nitrogen and oxygen atoms in total. The van der Waals surface area contributed by atoms with Crippen molar-refractivity contribution < 1.29 is 14.3 Å². The fraction of sp³-hybridized carbons (Fsp3) is 0.611. The molecule has 0 unspecified atom stereocenters. The minimum atomic E-state index is 0.255. The van der Waals surface area contributed by atoms with Gasteiger partial charge >= 0.3 is 0 Å². The average molecular weight is 385 g/mol. The van der Waals surface area contributed by atoms with E-state index in [9.17, 15) is 4.79 Å². The van der Waals surface area contributed by atoms with Gasteiger partial charge in [-0.25, -0.2) is 0 Å². The monoisotopic (exact) mass is 384 g/mol. The zero-order valence-corrected chi connectivity index (χ0v) is 16.1. The summed E-state index contributed by atoms with van der Waals surface area (Å²) in [7, 11) is 0. The fourth-order valence-corrected chi connectivity index (χ4v) is 4.00. The normalized spacial score (nSPS) is 19.0. The topological polar surface area (TPSA) is 50.8 Å². The van der Waals surface area contributed by atoms with Crippen LogP contribution in [0.25, 0.3) is 0 Å². The standard InChI is InChI=1S/C18H25ClN2O3S/c1-25-8-2-7-21-14(3-4-18(21)22)5-6-20-11-13-9-16-17(10-15(13)19)24-12-23-16/h9-10,14,20H,2-8,11-12H2,1H3/t14-/m1/s1. The molecule has 1 aromatic rings. The fourth-order valence-electron chi connectivity index (χ4n) is 3.37. The van der Waals surface area contributed by atoms with Gasteiger partial charge in [0.1, 0.15) is 0 Å². The van der Waals surface area contributed by atoms with E-state index in [1.54, 1.807) is 0 Å². The number of hydrogen-bond donors (Lipinski definition) is 1. The van der Waals surface area contributed by atoms with Crippen molar-refractivity contribution in [1.82, 2.24) is 10.2 Å². The number of ether oxygens (including phenoxy) is 2. The molecule has 2 aliphatic heterocycles. The molecule has 0 spiro atoms. The SMILES string of the molecule is CSCCCN1C(=O)CC[C@@H]1CCNCc1cc2c(cc1Cl)OCO2. The Labute approximate surface area is 158 Å². The number of carbonyl (C=O) groups excluding carboxylic acids is 1. The number of nitrogens with one attached hydrogen (secondary N) is 1. The van der Waals surface area contributed by atoms with Gasteiger partial charge < -0.3 is 19.7 Å². The molecule has 138 valence electrons. The number of amides is 1. The van der Waals surface area contributed by atoms with Crippen LogP contribution in [0.2, 0.25) is 5.02 Å². The maximum atomic E-state index is 12.0. The van der Waals surface area contributed by atoms with E-state index in [1.165, 1.54) is 0 Å². The van der Waals surface area contributed by atoms with Crippen molar-refractivity contribution in [3.63, 3.8) is 0 Å². The molecule has 25 heavy (non-hydrogen) atoms. The highest BCUT2D eigenvalue weighted by Crippen LogP contribution is 2.36. The van der Waals surface area contributed by atoms with Crippen LogP contribution in [0.3, 0.4) is 0 Å². The summed E-state index contributed by atoms with van der Waals surface area (Å²) in [5.41, 5.74) is 1.00. The van der Waals surface area contributed by atoms with Crippen LogP contribution in [-0.4, -0.2) is 48.7 Å². The van der Waals surface area contributed by atoms with E-state index in [0.717, 1.165) is 49.4 Å². The van der Waals surface area contributed by atoms with Gasteiger partial charge in [0.05, 0.1) is 0 Å². The molecule has 0 saturated carbocycles. The number of hydrogen-bond acceptors (Lipinski definition) is 5. The van der Waals surface area contributed by atoms with Crippen LogP contribution in [0.5, 0.6) is 11.5 Å². The Kier molecular flexibility index (Phi) is 6.73. The molecule has 2 heterocycles. The van der Waals surface area contributed by atoms with Gasteiger partial charge in [0, 0.05) is 36.6 Å². The summed E-state index contributed by atoms with van der Waals surface area (Å²) in [6.45, 7) is 2.69. The van der Waals surface area contributed by atoms with Crippen LogP contribution < -0.4 is 14.8 Å². The van der Waals surface area contributed by atoms with Crippen LogP contribution in [0.4, 0.5) is 0 Å². The van der Waals surface area contributed by atoms with Crippen molar-refractivity contribution in [1.29, 1.82) is 0 Å². The first-order valence-electron chi connectivity index (χ1n) is 8.76. The zero-order valence-electron chi connectivity index (χ0n) is 14.6. The highest BCUT2D eigenvalue weighted by atomic mass is 35.5. The number of likely N-dealkylation sites (tertiary alicyclic amines) is 1. The van der Waals surface area contributed by atoms with Gasteiger partial charge in [-0.1, -0.05) is 11.6 Å². The van der Waals surface area contributed by atoms with Crippen LogP contribution in [0.15, 0.2) is 12.1 Å². The van der Waals surface area contributed by atoms with Gasteiger partial charge in [-0.15, -0.1) is 0 Å². The van der Waals surface area contributed by atoms with E-state index in [1.807, 2.05) is 23.9 Å². The quantitative estimate of drug-likeness (QED) is 0.662. The molecular formula is C18H25ClN2O3S. The Bertz CT molecular complexity index is 614. The molecule has 0 radical (unpaired) electrons. The Morgan fingerprint density at radius 2 is 2.16 bits per heavy atom. The zero-order chi connectivity index (χ0) is 17.6. The lowest BCUT2D eigenvalue weighted by Gasteiger charge is -2.25. The van der Waals surface area contributed by atoms with Crippen molar-refractivity contribution in [3.05, 3.63) is 22.7 Å². The van der Waals surface area contributed by atoms with E-state index >= 15 is 0 Å². The lowest BCUT2D eigenvalue weighted by atomic mass is 10.1. The molecule has 1 atom stereocenters. The summed E-state index contributed by atoms with van der Waals surface area (Å²) in [5, 5.41) is 4.13. The van der Waals surface area contributed by atoms with E-state index in [2.05, 4.69) is 16.5 Å². The summed E-state index contributed by atoms with van der Waals surface area (Å²) in [4.78, 5) is 14.1. The molecule has 0 aromatic heterocycles. The molecule has 0 bridgehead atoms. The minimum Gasteiger partial charge on any atom is -0.454 e. The van der Waals surface area contributed by atoms with E-state index in [-0.39, 0.29) is 6.79 Å². The summed E-state index contributed by atoms with van der Waals surface area (Å²) in [6, 6.07) is 4.12. The Balaban J connectivity index is 1.44. The molecule has 1 fully saturated rings. The highest BCUT2D eigenvalue weighted by Gasteiger charge is 2.29. The minimum absolute atomic E-state index is 0.255. The van der Waals surface area contributed by atoms with E-state index in [4.69, 9.17) is 21.1 Å². The second-order valence-corrected chi connectivity index (χ2v) is 7.78. The largest absolute Gasteiger partial charge is 0.454 e. The number of benzene rings is 1. The predicted molar refractivity (Wildman–Crippen MR) is 102 cm³/mol. The second kappa shape index (κ2) is 9.01. The lowest BCUT2D eigenvalue weighted by molar-refractivity contribution is -0.129. The van der Waals surface area contributed by atoms with E-state index < -0.39 is 0 Å². The van der Waals surface area contributed by atoms with Crippen LogP contribution in [0, 0.1) is 0 Å². The van der Waals surface area contributed by atoms with Crippen LogP contribution >= 0.6 is 23.4 Å². The Hall–Kier alpha value is -1.11. The first kappa shape index (κ1) is 18.7. The van der Waals surface area contributed by atoms with Gasteiger partial charge in [-0.05, 0) is 49.4 Å². The third kappa shape index (κ3) is 4.74. The first-order valence-corrected chi connectivity index (χ1v) is 10.5. The van der Waals surface area contributed by atoms with Gasteiger partial charge in [0.15, 0.2) is 11.5 Å². The molecule has 1 amide bonds. The molecule has 3 rings (SSSR count). The summed E-state index contributed by atoms with van der Waals surface area (Å²) in [5.74, 6) is 2.88. The van der Waals surface area contributed by atoms with Gasteiger partial charge in [-0.2, -0.15) is 11.8 Å². The van der Waals surface area contributed by atoms with Crippen molar-refractivity contribution in [2.24, 2.45) is 0 Å². The summed E-state index contributed by atoms with van der Waals surface area (Å²) in [6.07, 6.45) is 5.83. The molecule has 1 saturated heterocycles. The number of nitrogens with zero attached hydrogens (tertiary/aromatic N) is 1. The predicted octanol–water partition coefficient (Wildman–Crippen LogP) is 3.29. The molecular weight excluding hydrogens is 360 g/mol. The average Bonchev–Trinajstić information content (AvgIpc) is 3.19. The lowest BCUT2D eigenvalue weighted by Crippen LogP contribution is -2.36. The van der Waals surface area contributed by atoms with Crippen LogP contribution in [-0.2, 0) is 11.3 Å². The molecule has 2 aliphatic rings. The molecule has 1 aromatic carbocycles. The number of carbonyl (C=O) groups is 1. The molecule has 0 aliphatic carbocycles. The second-order valence-electron chi connectivity index (χ2n) is 6.39. The van der Waals surface area contributed by atoms with E-state index in [0.29, 0.717) is 35.7 Å². The maximum absolute atomic E-state index is 12.0. The summed E-state index contributed by atoms with van der Waals surface area (Å²) >= 11 is 8.13. The molecule has 7 heteroatoms.